The number of carbonyl (C=O) groups excluding carboxylic acids is 1. The first-order chi connectivity index (χ1) is 8.37. The van der Waals surface area contributed by atoms with Gasteiger partial charge in [0.15, 0.2) is 5.78 Å². The van der Waals surface area contributed by atoms with Crippen molar-refractivity contribution in [2.75, 3.05) is 0 Å². The largest absolute Gasteiger partial charge is 0.389 e. The zero-order valence-electron chi connectivity index (χ0n) is 9.14. The van der Waals surface area contributed by atoms with Crippen LogP contribution in [-0.4, -0.2) is 16.9 Å². The number of hydrogen-bond acceptors (Lipinski definition) is 1. The van der Waals surface area contributed by atoms with Gasteiger partial charge in [-0.3, -0.25) is 4.79 Å². The van der Waals surface area contributed by atoms with Crippen LogP contribution in [0.4, 0.5) is 13.2 Å². The normalized spacial score (nSPS) is 12.0. The van der Waals surface area contributed by atoms with Crippen LogP contribution in [0.1, 0.15) is 23.2 Å². The van der Waals surface area contributed by atoms with Gasteiger partial charge >= 0.3 is 6.18 Å². The minimum absolute atomic E-state index is 0.247. The number of benzene rings is 1. The summed E-state index contributed by atoms with van der Waals surface area (Å²) in [4.78, 5) is 14.5. The molecule has 0 saturated carbocycles. The number of H-pyrrole nitrogens is 1. The molecule has 0 spiro atoms. The molecule has 1 aromatic heterocycles. The molecule has 96 valence electrons. The van der Waals surface area contributed by atoms with Gasteiger partial charge in [0.25, 0.3) is 0 Å². The second-order valence-corrected chi connectivity index (χ2v) is 4.37. The standard InChI is InChI=1S/C12H9ClF3NO/c13-7-1-2-10-8(5-7)9(6-17-10)11(18)3-4-12(14,15)16/h1-2,5-6,17H,3-4H2. The Balaban J connectivity index is 2.25. The molecule has 2 nitrogen and oxygen atoms in total. The van der Waals surface area contributed by atoms with Gasteiger partial charge in [-0.25, -0.2) is 0 Å². The summed E-state index contributed by atoms with van der Waals surface area (Å²) in [6.45, 7) is 0. The Bertz CT molecular complexity index is 589. The topological polar surface area (TPSA) is 32.9 Å². The lowest BCUT2D eigenvalue weighted by atomic mass is 10.1. The SMILES string of the molecule is O=C(CCC(F)(F)F)c1c[nH]c2ccc(Cl)cc12. The van der Waals surface area contributed by atoms with Crippen LogP contribution in [0, 0.1) is 0 Å². The number of rotatable bonds is 3. The summed E-state index contributed by atoms with van der Waals surface area (Å²) >= 11 is 5.80. The molecule has 1 aromatic carbocycles. The molecule has 0 aliphatic heterocycles. The number of Topliss-reactive ketones (excluding diaryl/α,β-unsaturated/α-hetero) is 1. The smallest absolute Gasteiger partial charge is 0.360 e. The maximum atomic E-state index is 12.1. The van der Waals surface area contributed by atoms with Crippen molar-refractivity contribution in [3.8, 4) is 0 Å². The number of aromatic amines is 1. The predicted molar refractivity (Wildman–Crippen MR) is 62.9 cm³/mol. The number of aromatic nitrogens is 1. The molecule has 1 heterocycles. The van der Waals surface area contributed by atoms with Gasteiger partial charge in [-0.2, -0.15) is 13.2 Å². The summed E-state index contributed by atoms with van der Waals surface area (Å²) in [7, 11) is 0. The molecule has 0 aliphatic carbocycles. The van der Waals surface area contributed by atoms with Crippen molar-refractivity contribution < 1.29 is 18.0 Å². The van der Waals surface area contributed by atoms with E-state index in [-0.39, 0.29) is 5.56 Å². The summed E-state index contributed by atoms with van der Waals surface area (Å²) in [5.41, 5.74) is 0.923. The predicted octanol–water partition coefficient (Wildman–Crippen LogP) is 4.35. The molecule has 0 fully saturated rings. The molecule has 0 atom stereocenters. The Morgan fingerprint density at radius 2 is 2.06 bits per heavy atom. The van der Waals surface area contributed by atoms with Crippen molar-refractivity contribution in [2.24, 2.45) is 0 Å². The number of nitrogens with one attached hydrogen (secondary N) is 1. The van der Waals surface area contributed by atoms with Crippen LogP contribution in [0.3, 0.4) is 0 Å². The van der Waals surface area contributed by atoms with E-state index >= 15 is 0 Å². The zero-order valence-corrected chi connectivity index (χ0v) is 9.90. The summed E-state index contributed by atoms with van der Waals surface area (Å²) in [6.07, 6.45) is -4.57. The third-order valence-electron chi connectivity index (χ3n) is 2.58. The molecule has 2 rings (SSSR count). The van der Waals surface area contributed by atoms with Crippen LogP contribution in [0.5, 0.6) is 0 Å². The second-order valence-electron chi connectivity index (χ2n) is 3.93. The first kappa shape index (κ1) is 13.0. The van der Waals surface area contributed by atoms with E-state index in [0.29, 0.717) is 15.9 Å². The van der Waals surface area contributed by atoms with Gasteiger partial charge in [-0.15, -0.1) is 0 Å². The zero-order chi connectivity index (χ0) is 13.3. The molecule has 0 radical (unpaired) electrons. The molecule has 0 saturated heterocycles. The Kier molecular flexibility index (Phi) is 3.34. The van der Waals surface area contributed by atoms with Gasteiger partial charge in [0.1, 0.15) is 0 Å². The average molecular weight is 276 g/mol. The maximum absolute atomic E-state index is 12.1. The molecule has 0 aliphatic rings. The van der Waals surface area contributed by atoms with Crippen molar-refractivity contribution in [1.29, 1.82) is 0 Å². The van der Waals surface area contributed by atoms with Gasteiger partial charge < -0.3 is 4.98 Å². The Hall–Kier alpha value is -1.49. The third kappa shape index (κ3) is 2.85. The van der Waals surface area contributed by atoms with Gasteiger partial charge in [0.05, 0.1) is 6.42 Å². The Morgan fingerprint density at radius 3 is 2.72 bits per heavy atom. The van der Waals surface area contributed by atoms with E-state index in [1.54, 1.807) is 18.2 Å². The van der Waals surface area contributed by atoms with Gasteiger partial charge in [-0.1, -0.05) is 11.6 Å². The van der Waals surface area contributed by atoms with E-state index < -0.39 is 24.8 Å². The molecule has 6 heteroatoms. The lowest BCUT2D eigenvalue weighted by Gasteiger charge is -2.04. The first-order valence-electron chi connectivity index (χ1n) is 5.23. The summed E-state index contributed by atoms with van der Waals surface area (Å²) in [5, 5.41) is 0.988. The molecular formula is C12H9ClF3NO. The number of hydrogen-bond donors (Lipinski definition) is 1. The fraction of sp³-hybridized carbons (Fsp3) is 0.250. The first-order valence-corrected chi connectivity index (χ1v) is 5.61. The van der Waals surface area contributed by atoms with E-state index in [0.717, 1.165) is 0 Å². The van der Waals surface area contributed by atoms with E-state index in [1.165, 1.54) is 6.20 Å². The molecule has 2 aromatic rings. The van der Waals surface area contributed by atoms with Crippen LogP contribution in [0.15, 0.2) is 24.4 Å². The molecule has 18 heavy (non-hydrogen) atoms. The minimum atomic E-state index is -4.32. The summed E-state index contributed by atoms with van der Waals surface area (Å²) in [5.74, 6) is -0.541. The molecule has 0 unspecified atom stereocenters. The second kappa shape index (κ2) is 4.65. The van der Waals surface area contributed by atoms with Crippen molar-refractivity contribution >= 4 is 28.3 Å². The highest BCUT2D eigenvalue weighted by atomic mass is 35.5. The van der Waals surface area contributed by atoms with Crippen molar-refractivity contribution in [3.05, 3.63) is 35.0 Å². The van der Waals surface area contributed by atoms with E-state index in [9.17, 15) is 18.0 Å². The van der Waals surface area contributed by atoms with Crippen LogP contribution in [-0.2, 0) is 0 Å². The van der Waals surface area contributed by atoms with Gasteiger partial charge in [-0.05, 0) is 18.2 Å². The maximum Gasteiger partial charge on any atom is 0.389 e. The van der Waals surface area contributed by atoms with Crippen LogP contribution >= 0.6 is 11.6 Å². The Morgan fingerprint density at radius 1 is 1.33 bits per heavy atom. The van der Waals surface area contributed by atoms with Crippen molar-refractivity contribution in [3.63, 3.8) is 0 Å². The van der Waals surface area contributed by atoms with Gasteiger partial charge in [0.2, 0.25) is 0 Å². The molecule has 1 N–H and O–H groups in total. The molecular weight excluding hydrogens is 267 g/mol. The van der Waals surface area contributed by atoms with E-state index in [2.05, 4.69) is 4.98 Å². The quantitative estimate of drug-likeness (QED) is 0.830. The molecule has 0 bridgehead atoms. The highest BCUT2D eigenvalue weighted by Gasteiger charge is 2.28. The van der Waals surface area contributed by atoms with Gasteiger partial charge in [0, 0.05) is 34.1 Å². The minimum Gasteiger partial charge on any atom is -0.360 e. The van der Waals surface area contributed by atoms with Crippen molar-refractivity contribution in [2.45, 2.75) is 19.0 Å². The van der Waals surface area contributed by atoms with Crippen LogP contribution in [0.25, 0.3) is 10.9 Å². The Labute approximate surface area is 106 Å². The number of ketones is 1. The summed E-state index contributed by atoms with van der Waals surface area (Å²) < 4.78 is 36.2. The van der Waals surface area contributed by atoms with Crippen LogP contribution < -0.4 is 0 Å². The number of fused-ring (bicyclic) bond motifs is 1. The van der Waals surface area contributed by atoms with Crippen LogP contribution in [0.2, 0.25) is 5.02 Å². The number of halogens is 4. The summed E-state index contributed by atoms with van der Waals surface area (Å²) in [6, 6.07) is 4.89. The lowest BCUT2D eigenvalue weighted by molar-refractivity contribution is -0.133. The third-order valence-corrected chi connectivity index (χ3v) is 2.81. The van der Waals surface area contributed by atoms with Crippen molar-refractivity contribution in [1.82, 2.24) is 4.98 Å². The van der Waals surface area contributed by atoms with E-state index in [1.807, 2.05) is 0 Å². The highest BCUT2D eigenvalue weighted by Crippen LogP contribution is 2.26. The average Bonchev–Trinajstić information content (AvgIpc) is 2.67. The molecule has 0 amide bonds. The number of carbonyl (C=O) groups is 1. The monoisotopic (exact) mass is 275 g/mol. The lowest BCUT2D eigenvalue weighted by Crippen LogP contribution is -2.10. The van der Waals surface area contributed by atoms with E-state index in [4.69, 9.17) is 11.6 Å². The highest BCUT2D eigenvalue weighted by molar-refractivity contribution is 6.31. The fourth-order valence-corrected chi connectivity index (χ4v) is 1.89. The number of alkyl halides is 3. The fourth-order valence-electron chi connectivity index (χ4n) is 1.71.